The number of nitrogens with zero attached hydrogens (tertiary/aromatic N) is 1. The molecule has 0 spiro atoms. The predicted molar refractivity (Wildman–Crippen MR) is 102 cm³/mol. The first-order chi connectivity index (χ1) is 13.1. The minimum absolute atomic E-state index is 0.0900. The molecule has 0 unspecified atom stereocenters. The van der Waals surface area contributed by atoms with Crippen molar-refractivity contribution in [1.29, 1.82) is 0 Å². The van der Waals surface area contributed by atoms with E-state index in [0.717, 1.165) is 4.88 Å². The molecule has 9 heteroatoms. The van der Waals surface area contributed by atoms with Crippen molar-refractivity contribution in [1.82, 2.24) is 10.2 Å². The van der Waals surface area contributed by atoms with Crippen LogP contribution in [0.1, 0.15) is 10.4 Å². The number of H-pyrrole nitrogens is 1. The summed E-state index contributed by atoms with van der Waals surface area (Å²) in [5.41, 5.74) is 0.395. The van der Waals surface area contributed by atoms with Crippen LogP contribution in [0.15, 0.2) is 40.5 Å². The Balaban J connectivity index is 1.94. The van der Waals surface area contributed by atoms with Crippen LogP contribution in [-0.4, -0.2) is 37.4 Å². The molecular weight excluding hydrogens is 370 g/mol. The average Bonchev–Trinajstić information content (AvgIpc) is 3.23. The number of aromatic amines is 1. The van der Waals surface area contributed by atoms with Crippen molar-refractivity contribution >= 4 is 22.9 Å². The van der Waals surface area contributed by atoms with Gasteiger partial charge < -0.3 is 19.5 Å². The molecule has 0 saturated carbocycles. The summed E-state index contributed by atoms with van der Waals surface area (Å²) < 4.78 is 15.7. The molecule has 140 valence electrons. The molecule has 0 bridgehead atoms. The molecule has 0 aliphatic rings. The van der Waals surface area contributed by atoms with Crippen molar-refractivity contribution in [3.8, 4) is 27.8 Å². The molecular formula is C18H17N3O5S. The van der Waals surface area contributed by atoms with Crippen LogP contribution in [0.5, 0.6) is 17.2 Å². The maximum atomic E-state index is 12.7. The summed E-state index contributed by atoms with van der Waals surface area (Å²) in [6.45, 7) is 0. The van der Waals surface area contributed by atoms with Crippen LogP contribution in [0.4, 0.5) is 5.69 Å². The van der Waals surface area contributed by atoms with Crippen molar-refractivity contribution in [2.45, 2.75) is 0 Å². The fourth-order valence-corrected chi connectivity index (χ4v) is 3.14. The van der Waals surface area contributed by atoms with E-state index in [1.54, 1.807) is 0 Å². The summed E-state index contributed by atoms with van der Waals surface area (Å²) in [6, 6.07) is 8.29. The zero-order valence-corrected chi connectivity index (χ0v) is 15.7. The number of methoxy groups -OCH3 is 3. The highest BCUT2D eigenvalue weighted by Crippen LogP contribution is 2.38. The van der Waals surface area contributed by atoms with Gasteiger partial charge in [-0.15, -0.1) is 11.3 Å². The van der Waals surface area contributed by atoms with Crippen LogP contribution >= 0.6 is 11.3 Å². The molecule has 0 atom stereocenters. The van der Waals surface area contributed by atoms with Crippen molar-refractivity contribution in [3.05, 3.63) is 51.6 Å². The van der Waals surface area contributed by atoms with Crippen LogP contribution in [0.3, 0.4) is 0 Å². The normalized spacial score (nSPS) is 10.3. The Bertz CT molecular complexity index is 989. The van der Waals surface area contributed by atoms with Crippen molar-refractivity contribution in [2.75, 3.05) is 26.6 Å². The van der Waals surface area contributed by atoms with Crippen LogP contribution in [0.2, 0.25) is 0 Å². The minimum atomic E-state index is -0.504. The average molecular weight is 387 g/mol. The summed E-state index contributed by atoms with van der Waals surface area (Å²) in [5, 5.41) is 10.9. The second kappa shape index (κ2) is 7.92. The molecule has 2 heterocycles. The first kappa shape index (κ1) is 18.5. The number of anilines is 1. The number of carbonyl (C=O) groups is 1. The number of aromatic nitrogens is 2. The van der Waals surface area contributed by atoms with Gasteiger partial charge in [-0.2, -0.15) is 5.10 Å². The molecule has 2 N–H and O–H groups in total. The number of thiophene rings is 1. The largest absolute Gasteiger partial charge is 0.493 e. The third-order valence-corrected chi connectivity index (χ3v) is 4.64. The molecule has 0 radical (unpaired) electrons. The monoisotopic (exact) mass is 387 g/mol. The first-order valence-electron chi connectivity index (χ1n) is 7.82. The highest BCUT2D eigenvalue weighted by Gasteiger charge is 2.18. The number of carbonyl (C=O) groups excluding carboxylic acids is 1. The molecule has 3 aromatic rings. The number of hydrogen-bond acceptors (Lipinski definition) is 7. The van der Waals surface area contributed by atoms with Gasteiger partial charge in [0, 0.05) is 5.56 Å². The molecule has 0 aliphatic heterocycles. The van der Waals surface area contributed by atoms with Crippen LogP contribution in [-0.2, 0) is 0 Å². The van der Waals surface area contributed by atoms with Crippen molar-refractivity contribution in [3.63, 3.8) is 0 Å². The molecule has 27 heavy (non-hydrogen) atoms. The molecule has 2 aromatic heterocycles. The van der Waals surface area contributed by atoms with Gasteiger partial charge in [-0.05, 0) is 29.6 Å². The number of amides is 1. The lowest BCUT2D eigenvalue weighted by molar-refractivity contribution is 0.102. The van der Waals surface area contributed by atoms with E-state index in [0.29, 0.717) is 22.9 Å². The van der Waals surface area contributed by atoms with Crippen molar-refractivity contribution in [2.24, 2.45) is 0 Å². The van der Waals surface area contributed by atoms with Crippen LogP contribution in [0, 0.1) is 0 Å². The smallest absolute Gasteiger partial charge is 0.287 e. The Hall–Kier alpha value is -3.33. The topological polar surface area (TPSA) is 103 Å². The molecule has 8 nitrogen and oxygen atoms in total. The summed E-state index contributed by atoms with van der Waals surface area (Å²) in [6.07, 6.45) is 0. The standard InChI is InChI=1S/C18H17N3O5S/c1-24-13-7-10(8-14(25-2)16(13)26-3)17(22)19-12-9-11(20-21-18(12)23)15-5-4-6-27-15/h4-9H,1-3H3,(H,21,23)(H,19,20,22). The first-order valence-corrected chi connectivity index (χ1v) is 8.70. The predicted octanol–water partition coefficient (Wildman–Crippen LogP) is 2.78. The SMILES string of the molecule is COc1cc(C(=O)Nc2cc(-c3cccs3)n[nH]c2=O)cc(OC)c1OC. The van der Waals surface area contributed by atoms with E-state index in [-0.39, 0.29) is 11.3 Å². The Morgan fingerprint density at radius 3 is 2.37 bits per heavy atom. The fourth-order valence-electron chi connectivity index (χ4n) is 2.46. The Morgan fingerprint density at radius 2 is 1.81 bits per heavy atom. The van der Waals surface area contributed by atoms with Gasteiger partial charge in [0.15, 0.2) is 11.5 Å². The maximum absolute atomic E-state index is 12.7. The van der Waals surface area contributed by atoms with E-state index in [1.807, 2.05) is 17.5 Å². The minimum Gasteiger partial charge on any atom is -0.493 e. The van der Waals surface area contributed by atoms with Crippen LogP contribution in [0.25, 0.3) is 10.6 Å². The molecule has 1 amide bonds. The highest BCUT2D eigenvalue weighted by molar-refractivity contribution is 7.13. The van der Waals surface area contributed by atoms with E-state index in [2.05, 4.69) is 15.5 Å². The van der Waals surface area contributed by atoms with Gasteiger partial charge in [0.05, 0.1) is 26.2 Å². The quantitative estimate of drug-likeness (QED) is 0.674. The Morgan fingerprint density at radius 1 is 1.11 bits per heavy atom. The Kier molecular flexibility index (Phi) is 5.41. The zero-order chi connectivity index (χ0) is 19.4. The molecule has 3 rings (SSSR count). The van der Waals surface area contributed by atoms with Gasteiger partial charge in [0.2, 0.25) is 5.75 Å². The number of hydrogen-bond donors (Lipinski definition) is 2. The van der Waals surface area contributed by atoms with Gasteiger partial charge in [-0.3, -0.25) is 9.59 Å². The van der Waals surface area contributed by atoms with E-state index in [1.165, 1.54) is 50.9 Å². The zero-order valence-electron chi connectivity index (χ0n) is 14.9. The van der Waals surface area contributed by atoms with Gasteiger partial charge in [-0.1, -0.05) is 6.07 Å². The fraction of sp³-hybridized carbons (Fsp3) is 0.167. The molecule has 0 saturated heterocycles. The van der Waals surface area contributed by atoms with Crippen LogP contribution < -0.4 is 25.1 Å². The lowest BCUT2D eigenvalue weighted by atomic mass is 10.1. The molecule has 1 aromatic carbocycles. The number of nitrogens with one attached hydrogen (secondary N) is 2. The third-order valence-electron chi connectivity index (χ3n) is 3.75. The third kappa shape index (κ3) is 3.77. The summed E-state index contributed by atoms with van der Waals surface area (Å²) >= 11 is 1.48. The molecule has 0 aliphatic carbocycles. The second-order valence-corrected chi connectivity index (χ2v) is 6.29. The van der Waals surface area contributed by atoms with Gasteiger partial charge in [-0.25, -0.2) is 5.10 Å². The summed E-state index contributed by atoms with van der Waals surface area (Å²) in [5.74, 6) is 0.552. The second-order valence-electron chi connectivity index (χ2n) is 5.34. The Labute approximate surface area is 158 Å². The van der Waals surface area contributed by atoms with E-state index < -0.39 is 11.5 Å². The van der Waals surface area contributed by atoms with Gasteiger partial charge >= 0.3 is 0 Å². The van der Waals surface area contributed by atoms with Crippen molar-refractivity contribution < 1.29 is 19.0 Å². The van der Waals surface area contributed by atoms with E-state index in [9.17, 15) is 9.59 Å². The lowest BCUT2D eigenvalue weighted by Crippen LogP contribution is -2.21. The van der Waals surface area contributed by atoms with E-state index >= 15 is 0 Å². The van der Waals surface area contributed by atoms with E-state index in [4.69, 9.17) is 14.2 Å². The summed E-state index contributed by atoms with van der Waals surface area (Å²) in [7, 11) is 4.39. The maximum Gasteiger partial charge on any atom is 0.287 e. The molecule has 0 fully saturated rings. The van der Waals surface area contributed by atoms with Gasteiger partial charge in [0.1, 0.15) is 11.4 Å². The lowest BCUT2D eigenvalue weighted by Gasteiger charge is -2.14. The highest BCUT2D eigenvalue weighted by atomic mass is 32.1. The van der Waals surface area contributed by atoms with Gasteiger partial charge in [0.25, 0.3) is 11.5 Å². The summed E-state index contributed by atoms with van der Waals surface area (Å²) in [4.78, 5) is 25.6. The number of rotatable bonds is 6. The number of benzene rings is 1. The number of ether oxygens (including phenoxy) is 3.